The average Bonchev–Trinajstić information content (AvgIpc) is 3.21. The minimum atomic E-state index is -2.47. The number of phenols is 1. The molecule has 0 amide bonds. The van der Waals surface area contributed by atoms with Crippen LogP contribution in [0.1, 0.15) is 26.3 Å². The van der Waals surface area contributed by atoms with Gasteiger partial charge in [0.1, 0.15) is 43.4 Å². The quantitative estimate of drug-likeness (QED) is 0.106. The number of phenolic OH excluding ortho intramolecular Hbond substituents is 1. The molecule has 0 spiro atoms. The van der Waals surface area contributed by atoms with Crippen LogP contribution in [0.5, 0.6) is 5.75 Å². The van der Waals surface area contributed by atoms with Crippen molar-refractivity contribution in [3.63, 3.8) is 0 Å². The van der Waals surface area contributed by atoms with Crippen LogP contribution in [0, 0.1) is 0 Å². The summed E-state index contributed by atoms with van der Waals surface area (Å²) in [7, 11) is 0. The first-order chi connectivity index (χ1) is 20.3. The summed E-state index contributed by atoms with van der Waals surface area (Å²) in [5.74, 6) is -6.07. The first-order valence-electron chi connectivity index (χ1n) is 13.0. The second-order valence-electron chi connectivity index (χ2n) is 9.68. The summed E-state index contributed by atoms with van der Waals surface area (Å²) in [5, 5.41) is 51.3. The van der Waals surface area contributed by atoms with E-state index in [1.54, 1.807) is 0 Å². The molecule has 0 bridgehead atoms. The van der Waals surface area contributed by atoms with E-state index in [2.05, 4.69) is 0 Å². The largest absolute Gasteiger partial charge is 0.508 e. The second kappa shape index (κ2) is 14.7. The number of ether oxygens (including phenoxy) is 7. The third-order valence-electron chi connectivity index (χ3n) is 6.41. The van der Waals surface area contributed by atoms with E-state index in [0.717, 1.165) is 26.8 Å². The Bertz CT molecular complexity index is 1170. The van der Waals surface area contributed by atoms with Crippen molar-refractivity contribution in [2.75, 3.05) is 19.8 Å². The van der Waals surface area contributed by atoms with E-state index in [4.69, 9.17) is 33.2 Å². The zero-order valence-electron chi connectivity index (χ0n) is 23.4. The fraction of sp³-hybridized carbons (Fsp3) is 0.556. The minimum absolute atomic E-state index is 0.00132. The van der Waals surface area contributed by atoms with Crippen LogP contribution in [0.4, 0.5) is 0 Å². The fourth-order valence-electron chi connectivity index (χ4n) is 4.49. The highest BCUT2D eigenvalue weighted by Crippen LogP contribution is 2.39. The van der Waals surface area contributed by atoms with Gasteiger partial charge in [-0.1, -0.05) is 12.1 Å². The van der Waals surface area contributed by atoms with Gasteiger partial charge in [-0.2, -0.15) is 0 Å². The van der Waals surface area contributed by atoms with Gasteiger partial charge in [0.2, 0.25) is 12.1 Å². The Balaban J connectivity index is 1.95. The molecular formula is C27H34O16. The van der Waals surface area contributed by atoms with Gasteiger partial charge in [0, 0.05) is 26.8 Å². The monoisotopic (exact) mass is 614 g/mol. The summed E-state index contributed by atoms with van der Waals surface area (Å²) in [6.07, 6.45) is -11.1. The molecule has 0 aliphatic carbocycles. The zero-order valence-corrected chi connectivity index (χ0v) is 23.4. The van der Waals surface area contributed by atoms with Crippen LogP contribution in [-0.2, 0) is 52.3 Å². The van der Waals surface area contributed by atoms with Crippen molar-refractivity contribution in [1.29, 1.82) is 0 Å². The molecule has 0 aromatic heterocycles. The van der Waals surface area contributed by atoms with Crippen molar-refractivity contribution >= 4 is 30.0 Å². The molecule has 16 heteroatoms. The second-order valence-corrected chi connectivity index (χ2v) is 9.68. The number of hydrogen-bond acceptors (Lipinski definition) is 16. The molecule has 0 radical (unpaired) electrons. The SMILES string of the molecule is CC(=O)OC[C@H]1O[C@H](O[C@]2(CO)O[C@H](CO)[C@@H](O)[C@@H]2OC(=O)C=Cc2ccc(O)cc2)[C@H](OC(C)=O)[C@@H](OC(C)=O)[C@@H]1O. The Morgan fingerprint density at radius 3 is 2.07 bits per heavy atom. The van der Waals surface area contributed by atoms with Gasteiger partial charge >= 0.3 is 23.9 Å². The van der Waals surface area contributed by atoms with Crippen molar-refractivity contribution in [3.05, 3.63) is 35.9 Å². The van der Waals surface area contributed by atoms with Gasteiger partial charge in [0.15, 0.2) is 18.3 Å². The lowest BCUT2D eigenvalue weighted by Gasteiger charge is -2.45. The molecule has 43 heavy (non-hydrogen) atoms. The van der Waals surface area contributed by atoms with Gasteiger partial charge in [-0.25, -0.2) is 4.79 Å². The standard InChI is InChI=1S/C27H34O16/c1-13(30)37-11-19-21(35)23(38-14(2)31)24(39-15(3)32)26(40-19)43-27(12-29)25(22(36)18(10-28)42-27)41-20(34)9-6-16-4-7-17(33)8-5-16/h4-9,18-19,21-26,28-29,33,35-36H,10-12H2,1-3H3/t18-,19-,21-,22-,23+,24-,25+,26-,27+/m1/s1. The van der Waals surface area contributed by atoms with Crippen molar-refractivity contribution < 1.29 is 77.9 Å². The molecule has 0 saturated carbocycles. The van der Waals surface area contributed by atoms with Gasteiger partial charge in [0.05, 0.1) is 6.61 Å². The number of aliphatic hydroxyl groups is 4. The van der Waals surface area contributed by atoms with Crippen LogP contribution in [0.15, 0.2) is 30.3 Å². The normalized spacial score (nSPS) is 32.3. The van der Waals surface area contributed by atoms with Crippen LogP contribution in [0.2, 0.25) is 0 Å². The van der Waals surface area contributed by atoms with Gasteiger partial charge in [-0.15, -0.1) is 0 Å². The Hall–Kier alpha value is -3.64. The van der Waals surface area contributed by atoms with E-state index in [1.165, 1.54) is 30.3 Å². The van der Waals surface area contributed by atoms with E-state index in [9.17, 15) is 44.7 Å². The van der Waals surface area contributed by atoms with Gasteiger partial charge in [0.25, 0.3) is 0 Å². The number of carbonyl (C=O) groups excluding carboxylic acids is 4. The minimum Gasteiger partial charge on any atom is -0.508 e. The van der Waals surface area contributed by atoms with Crippen molar-refractivity contribution in [2.45, 2.75) is 75.6 Å². The van der Waals surface area contributed by atoms with Crippen LogP contribution >= 0.6 is 0 Å². The van der Waals surface area contributed by atoms with Gasteiger partial charge in [-0.3, -0.25) is 14.4 Å². The molecule has 3 rings (SSSR count). The first-order valence-corrected chi connectivity index (χ1v) is 13.0. The van der Waals surface area contributed by atoms with E-state index < -0.39 is 98.5 Å². The van der Waals surface area contributed by atoms with Crippen molar-refractivity contribution in [3.8, 4) is 5.75 Å². The molecule has 238 valence electrons. The molecule has 1 aromatic carbocycles. The summed E-state index contributed by atoms with van der Waals surface area (Å²) in [5.41, 5.74) is 0.504. The smallest absolute Gasteiger partial charge is 0.331 e. The highest BCUT2D eigenvalue weighted by atomic mass is 16.8. The maximum Gasteiger partial charge on any atom is 0.331 e. The Labute approximate surface area is 245 Å². The summed E-state index contributed by atoms with van der Waals surface area (Å²) in [4.78, 5) is 48.0. The Morgan fingerprint density at radius 2 is 1.51 bits per heavy atom. The lowest BCUT2D eigenvalue weighted by molar-refractivity contribution is -0.384. The third kappa shape index (κ3) is 8.47. The van der Waals surface area contributed by atoms with E-state index in [1.807, 2.05) is 0 Å². The number of carbonyl (C=O) groups is 4. The van der Waals surface area contributed by atoms with E-state index >= 15 is 0 Å². The summed E-state index contributed by atoms with van der Waals surface area (Å²) in [6, 6.07) is 5.78. The average molecular weight is 615 g/mol. The highest BCUT2D eigenvalue weighted by Gasteiger charge is 2.62. The van der Waals surface area contributed by atoms with Gasteiger partial charge < -0.3 is 58.7 Å². The van der Waals surface area contributed by atoms with Crippen LogP contribution < -0.4 is 0 Å². The number of esters is 4. The number of benzene rings is 1. The topological polar surface area (TPSA) is 234 Å². The molecule has 2 aliphatic heterocycles. The first kappa shape index (κ1) is 33.9. The molecule has 1 aromatic rings. The lowest BCUT2D eigenvalue weighted by Crippen LogP contribution is -2.64. The molecule has 2 saturated heterocycles. The van der Waals surface area contributed by atoms with Crippen LogP contribution in [0.25, 0.3) is 6.08 Å². The van der Waals surface area contributed by atoms with Crippen LogP contribution in [0.3, 0.4) is 0 Å². The third-order valence-corrected chi connectivity index (χ3v) is 6.41. The number of hydrogen-bond donors (Lipinski definition) is 5. The molecule has 2 fully saturated rings. The van der Waals surface area contributed by atoms with E-state index in [0.29, 0.717) is 5.56 Å². The summed E-state index contributed by atoms with van der Waals surface area (Å²) >= 11 is 0. The Morgan fingerprint density at radius 1 is 0.884 bits per heavy atom. The summed E-state index contributed by atoms with van der Waals surface area (Å²) in [6.45, 7) is 0.601. The van der Waals surface area contributed by atoms with Crippen molar-refractivity contribution in [1.82, 2.24) is 0 Å². The predicted molar refractivity (Wildman–Crippen MR) is 138 cm³/mol. The maximum atomic E-state index is 12.7. The number of aromatic hydroxyl groups is 1. The zero-order chi connectivity index (χ0) is 31.9. The molecule has 9 atom stereocenters. The molecule has 5 N–H and O–H groups in total. The van der Waals surface area contributed by atoms with Gasteiger partial charge in [-0.05, 0) is 23.8 Å². The molecule has 16 nitrogen and oxygen atoms in total. The maximum absolute atomic E-state index is 12.7. The highest BCUT2D eigenvalue weighted by molar-refractivity contribution is 5.87. The molecule has 2 aliphatic rings. The fourth-order valence-corrected chi connectivity index (χ4v) is 4.49. The predicted octanol–water partition coefficient (Wildman–Crippen LogP) is -1.71. The number of rotatable bonds is 11. The van der Waals surface area contributed by atoms with Crippen molar-refractivity contribution in [2.24, 2.45) is 0 Å². The Kier molecular flexibility index (Phi) is 11.6. The molecule has 2 heterocycles. The molecular weight excluding hydrogens is 580 g/mol. The summed E-state index contributed by atoms with van der Waals surface area (Å²) < 4.78 is 37.9. The van der Waals surface area contributed by atoms with E-state index in [-0.39, 0.29) is 5.75 Å². The lowest BCUT2D eigenvalue weighted by atomic mass is 9.98. The molecule has 0 unspecified atom stereocenters. The van der Waals surface area contributed by atoms with Crippen LogP contribution in [-0.4, -0.2) is 124 Å². The number of aliphatic hydroxyl groups excluding tert-OH is 4.